The summed E-state index contributed by atoms with van der Waals surface area (Å²) in [5.74, 6) is 0.623. The first-order chi connectivity index (χ1) is 8.49. The van der Waals surface area contributed by atoms with Crippen molar-refractivity contribution >= 4 is 34.0 Å². The third kappa shape index (κ3) is 3.83. The van der Waals surface area contributed by atoms with Gasteiger partial charge < -0.3 is 4.90 Å². The number of halogens is 1. The molecule has 0 aliphatic carbocycles. The summed E-state index contributed by atoms with van der Waals surface area (Å²) in [6.45, 7) is 8.41. The summed E-state index contributed by atoms with van der Waals surface area (Å²) in [5, 5.41) is 10.8. The maximum absolute atomic E-state index is 10.8. The summed E-state index contributed by atoms with van der Waals surface area (Å²) in [7, 11) is 0. The molecule has 0 saturated heterocycles. The molecule has 18 heavy (non-hydrogen) atoms. The standard InChI is InChI=1S/C13H19IN2O2/c1-4-10(3)9-15(5-2)11-6-7-13(16(17)18)12(14)8-11/h6-8,10H,4-5,9H2,1-3H3. The van der Waals surface area contributed by atoms with Crippen molar-refractivity contribution in [1.82, 2.24) is 0 Å². The number of hydrogen-bond donors (Lipinski definition) is 0. The Labute approximate surface area is 122 Å². The van der Waals surface area contributed by atoms with E-state index in [0.29, 0.717) is 9.49 Å². The maximum Gasteiger partial charge on any atom is 0.282 e. The first kappa shape index (κ1) is 15.2. The van der Waals surface area contributed by atoms with Crippen molar-refractivity contribution in [2.75, 3.05) is 18.0 Å². The van der Waals surface area contributed by atoms with Crippen LogP contribution in [0.2, 0.25) is 0 Å². The van der Waals surface area contributed by atoms with Crippen LogP contribution in [0.25, 0.3) is 0 Å². The fraction of sp³-hybridized carbons (Fsp3) is 0.538. The van der Waals surface area contributed by atoms with Gasteiger partial charge in [0.25, 0.3) is 5.69 Å². The Morgan fingerprint density at radius 1 is 1.44 bits per heavy atom. The van der Waals surface area contributed by atoms with Gasteiger partial charge in [0.2, 0.25) is 0 Å². The molecule has 1 unspecified atom stereocenters. The van der Waals surface area contributed by atoms with E-state index in [1.165, 1.54) is 0 Å². The van der Waals surface area contributed by atoms with Crippen molar-refractivity contribution in [3.63, 3.8) is 0 Å². The second kappa shape index (κ2) is 6.92. The molecule has 0 aliphatic heterocycles. The van der Waals surface area contributed by atoms with Gasteiger partial charge in [-0.05, 0) is 47.6 Å². The number of benzene rings is 1. The molecule has 0 N–H and O–H groups in total. The van der Waals surface area contributed by atoms with E-state index in [1.54, 1.807) is 6.07 Å². The average molecular weight is 362 g/mol. The normalized spacial score (nSPS) is 12.2. The molecule has 1 aromatic rings. The highest BCUT2D eigenvalue weighted by Crippen LogP contribution is 2.26. The SMILES string of the molecule is CCC(C)CN(CC)c1ccc([N+](=O)[O-])c(I)c1. The van der Waals surface area contributed by atoms with Crippen LogP contribution in [0, 0.1) is 19.6 Å². The van der Waals surface area contributed by atoms with Crippen LogP contribution in [-0.2, 0) is 0 Å². The van der Waals surface area contributed by atoms with E-state index < -0.39 is 0 Å². The lowest BCUT2D eigenvalue weighted by Gasteiger charge is -2.26. The molecule has 0 amide bonds. The summed E-state index contributed by atoms with van der Waals surface area (Å²) < 4.78 is 0.692. The zero-order chi connectivity index (χ0) is 13.7. The number of nitro groups is 1. The Bertz CT molecular complexity index is 423. The van der Waals surface area contributed by atoms with Crippen LogP contribution in [-0.4, -0.2) is 18.0 Å². The minimum atomic E-state index is -0.337. The molecule has 0 fully saturated rings. The fourth-order valence-electron chi connectivity index (χ4n) is 1.76. The van der Waals surface area contributed by atoms with Crippen LogP contribution in [0.4, 0.5) is 11.4 Å². The Kier molecular flexibility index (Phi) is 5.84. The van der Waals surface area contributed by atoms with Crippen LogP contribution >= 0.6 is 22.6 Å². The largest absolute Gasteiger partial charge is 0.372 e. The number of hydrogen-bond acceptors (Lipinski definition) is 3. The van der Waals surface area contributed by atoms with E-state index in [4.69, 9.17) is 0 Å². The highest BCUT2D eigenvalue weighted by Gasteiger charge is 2.15. The Balaban J connectivity index is 2.94. The summed E-state index contributed by atoms with van der Waals surface area (Å²) in [4.78, 5) is 12.7. The summed E-state index contributed by atoms with van der Waals surface area (Å²) >= 11 is 2.03. The lowest BCUT2D eigenvalue weighted by atomic mass is 10.1. The van der Waals surface area contributed by atoms with Gasteiger partial charge in [0.05, 0.1) is 8.49 Å². The number of nitrogens with zero attached hydrogens (tertiary/aromatic N) is 2. The molecule has 0 spiro atoms. The monoisotopic (exact) mass is 362 g/mol. The number of nitro benzene ring substituents is 1. The van der Waals surface area contributed by atoms with Gasteiger partial charge in [-0.2, -0.15) is 0 Å². The molecule has 0 aromatic heterocycles. The molecular formula is C13H19IN2O2. The van der Waals surface area contributed by atoms with Crippen LogP contribution < -0.4 is 4.90 Å². The molecule has 4 nitrogen and oxygen atoms in total. The molecule has 5 heteroatoms. The summed E-state index contributed by atoms with van der Waals surface area (Å²) in [5.41, 5.74) is 1.24. The van der Waals surface area contributed by atoms with Crippen molar-refractivity contribution in [3.8, 4) is 0 Å². The van der Waals surface area contributed by atoms with Gasteiger partial charge in [0, 0.05) is 24.8 Å². The lowest BCUT2D eigenvalue weighted by Crippen LogP contribution is -2.28. The first-order valence-corrected chi connectivity index (χ1v) is 7.26. The molecule has 0 heterocycles. The number of rotatable bonds is 6. The molecule has 0 radical (unpaired) electrons. The Hall–Kier alpha value is -0.850. The van der Waals surface area contributed by atoms with Gasteiger partial charge in [0.1, 0.15) is 0 Å². The second-order valence-electron chi connectivity index (χ2n) is 4.44. The van der Waals surface area contributed by atoms with Crippen LogP contribution in [0.5, 0.6) is 0 Å². The third-order valence-corrected chi connectivity index (χ3v) is 3.97. The van der Waals surface area contributed by atoms with Gasteiger partial charge in [-0.15, -0.1) is 0 Å². The van der Waals surface area contributed by atoms with E-state index >= 15 is 0 Å². The minimum Gasteiger partial charge on any atom is -0.372 e. The highest BCUT2D eigenvalue weighted by molar-refractivity contribution is 14.1. The van der Waals surface area contributed by atoms with Gasteiger partial charge in [0.15, 0.2) is 0 Å². The van der Waals surface area contributed by atoms with Crippen LogP contribution in [0.15, 0.2) is 18.2 Å². The average Bonchev–Trinajstić information content (AvgIpc) is 2.34. The molecule has 1 rings (SSSR count). The lowest BCUT2D eigenvalue weighted by molar-refractivity contribution is -0.385. The van der Waals surface area contributed by atoms with Crippen molar-refractivity contribution in [2.24, 2.45) is 5.92 Å². The van der Waals surface area contributed by atoms with Gasteiger partial charge in [-0.1, -0.05) is 20.3 Å². The third-order valence-electron chi connectivity index (χ3n) is 3.10. The minimum absolute atomic E-state index is 0.180. The van der Waals surface area contributed by atoms with Crippen molar-refractivity contribution in [2.45, 2.75) is 27.2 Å². The van der Waals surface area contributed by atoms with E-state index in [1.807, 2.05) is 34.7 Å². The van der Waals surface area contributed by atoms with Gasteiger partial charge in [-0.25, -0.2) is 0 Å². The van der Waals surface area contributed by atoms with E-state index in [-0.39, 0.29) is 10.6 Å². The van der Waals surface area contributed by atoms with Crippen molar-refractivity contribution < 1.29 is 4.92 Å². The predicted octanol–water partition coefficient (Wildman–Crippen LogP) is 4.07. The molecule has 0 saturated carbocycles. The number of anilines is 1. The smallest absolute Gasteiger partial charge is 0.282 e. The molecule has 0 bridgehead atoms. The van der Waals surface area contributed by atoms with E-state index in [9.17, 15) is 10.1 Å². The topological polar surface area (TPSA) is 46.4 Å². The zero-order valence-corrected chi connectivity index (χ0v) is 13.2. The summed E-state index contributed by atoms with van der Waals surface area (Å²) in [6, 6.07) is 5.33. The highest BCUT2D eigenvalue weighted by atomic mass is 127. The van der Waals surface area contributed by atoms with Crippen molar-refractivity contribution in [3.05, 3.63) is 31.9 Å². The van der Waals surface area contributed by atoms with Gasteiger partial charge in [-0.3, -0.25) is 10.1 Å². The Morgan fingerprint density at radius 3 is 2.56 bits per heavy atom. The van der Waals surface area contributed by atoms with E-state index in [2.05, 4.69) is 25.7 Å². The van der Waals surface area contributed by atoms with Crippen molar-refractivity contribution in [1.29, 1.82) is 0 Å². The predicted molar refractivity (Wildman–Crippen MR) is 83.2 cm³/mol. The summed E-state index contributed by atoms with van der Waals surface area (Å²) in [6.07, 6.45) is 1.14. The maximum atomic E-state index is 10.8. The Morgan fingerprint density at radius 2 is 2.11 bits per heavy atom. The molecule has 1 atom stereocenters. The van der Waals surface area contributed by atoms with E-state index in [0.717, 1.165) is 25.2 Å². The molecule has 100 valence electrons. The molecule has 1 aromatic carbocycles. The quantitative estimate of drug-likeness (QED) is 0.435. The second-order valence-corrected chi connectivity index (χ2v) is 5.61. The first-order valence-electron chi connectivity index (χ1n) is 6.18. The fourth-order valence-corrected chi connectivity index (χ4v) is 2.46. The zero-order valence-electron chi connectivity index (χ0n) is 11.0. The van der Waals surface area contributed by atoms with Gasteiger partial charge >= 0.3 is 0 Å². The molecule has 0 aliphatic rings. The molecular weight excluding hydrogens is 343 g/mol. The van der Waals surface area contributed by atoms with Crippen LogP contribution in [0.3, 0.4) is 0 Å². The van der Waals surface area contributed by atoms with Crippen LogP contribution in [0.1, 0.15) is 27.2 Å².